The lowest BCUT2D eigenvalue weighted by Crippen LogP contribution is -2.50. The van der Waals surface area contributed by atoms with Crippen LogP contribution in [0.5, 0.6) is 0 Å². The molecule has 19 heavy (non-hydrogen) atoms. The third-order valence-electron chi connectivity index (χ3n) is 3.61. The number of alkyl halides is 5. The van der Waals surface area contributed by atoms with Crippen molar-refractivity contribution in [2.45, 2.75) is 51.1 Å². The van der Waals surface area contributed by atoms with Crippen LogP contribution in [0.3, 0.4) is 0 Å². The minimum absolute atomic E-state index is 0.135. The monoisotopic (exact) mass is 287 g/mol. The van der Waals surface area contributed by atoms with E-state index in [0.29, 0.717) is 18.3 Å². The molecule has 0 saturated heterocycles. The Kier molecular flexibility index (Phi) is 5.15. The van der Waals surface area contributed by atoms with Gasteiger partial charge < -0.3 is 5.32 Å². The van der Waals surface area contributed by atoms with Crippen LogP contribution in [0.2, 0.25) is 0 Å². The molecule has 7 heteroatoms. The number of amides is 1. The van der Waals surface area contributed by atoms with Crippen LogP contribution in [0.4, 0.5) is 22.0 Å². The molecule has 1 rings (SSSR count). The molecule has 0 spiro atoms. The first-order chi connectivity index (χ1) is 8.64. The summed E-state index contributed by atoms with van der Waals surface area (Å²) in [5.41, 5.74) is 0. The highest BCUT2D eigenvalue weighted by Gasteiger charge is 2.63. The van der Waals surface area contributed by atoms with Gasteiger partial charge in [-0.2, -0.15) is 22.0 Å². The number of carbonyl (C=O) groups is 1. The van der Waals surface area contributed by atoms with Gasteiger partial charge in [0.1, 0.15) is 0 Å². The first-order valence-electron chi connectivity index (χ1n) is 6.37. The summed E-state index contributed by atoms with van der Waals surface area (Å²) in [6, 6.07) is 0. The van der Waals surface area contributed by atoms with Crippen LogP contribution < -0.4 is 5.32 Å². The maximum Gasteiger partial charge on any atom is 0.463 e. The van der Waals surface area contributed by atoms with E-state index in [9.17, 15) is 26.7 Å². The average molecular weight is 287 g/mol. The standard InChI is InChI=1S/C12H18F5NO/c1-8-2-4-9(5-3-8)6-7-18-10(19)11(13,14)12(15,16)17/h8-9H,2-7H2,1H3,(H,18,19). The lowest BCUT2D eigenvalue weighted by Gasteiger charge is -2.26. The van der Waals surface area contributed by atoms with Gasteiger partial charge in [-0.05, 0) is 18.3 Å². The van der Waals surface area contributed by atoms with Gasteiger partial charge in [-0.3, -0.25) is 4.79 Å². The van der Waals surface area contributed by atoms with Gasteiger partial charge in [0.05, 0.1) is 0 Å². The Morgan fingerprint density at radius 1 is 1.11 bits per heavy atom. The maximum absolute atomic E-state index is 12.6. The van der Waals surface area contributed by atoms with Crippen molar-refractivity contribution < 1.29 is 26.7 Å². The van der Waals surface area contributed by atoms with Gasteiger partial charge >= 0.3 is 12.1 Å². The normalized spacial score (nSPS) is 25.2. The highest BCUT2D eigenvalue weighted by Crippen LogP contribution is 2.35. The largest absolute Gasteiger partial charge is 0.463 e. The van der Waals surface area contributed by atoms with E-state index in [-0.39, 0.29) is 6.54 Å². The number of nitrogens with one attached hydrogen (secondary N) is 1. The van der Waals surface area contributed by atoms with Crippen LogP contribution in [-0.4, -0.2) is 24.6 Å². The quantitative estimate of drug-likeness (QED) is 0.788. The van der Waals surface area contributed by atoms with Crippen molar-refractivity contribution in [3.05, 3.63) is 0 Å². The van der Waals surface area contributed by atoms with E-state index in [1.807, 2.05) is 0 Å². The summed E-state index contributed by atoms with van der Waals surface area (Å²) in [6.45, 7) is 1.99. The van der Waals surface area contributed by atoms with Gasteiger partial charge in [-0.15, -0.1) is 0 Å². The smallest absolute Gasteiger partial charge is 0.351 e. The first-order valence-corrected chi connectivity index (χ1v) is 6.37. The minimum atomic E-state index is -5.84. The van der Waals surface area contributed by atoms with Crippen molar-refractivity contribution in [2.24, 2.45) is 11.8 Å². The zero-order chi connectivity index (χ0) is 14.7. The van der Waals surface area contributed by atoms with E-state index in [1.165, 1.54) is 0 Å². The van der Waals surface area contributed by atoms with Gasteiger partial charge in [0.25, 0.3) is 5.91 Å². The molecule has 1 amide bonds. The van der Waals surface area contributed by atoms with Crippen LogP contribution in [0.25, 0.3) is 0 Å². The van der Waals surface area contributed by atoms with E-state index in [2.05, 4.69) is 6.92 Å². The van der Waals surface area contributed by atoms with E-state index in [0.717, 1.165) is 25.7 Å². The number of rotatable bonds is 4. The molecule has 0 unspecified atom stereocenters. The fourth-order valence-electron chi connectivity index (χ4n) is 2.25. The lowest BCUT2D eigenvalue weighted by molar-refractivity contribution is -0.269. The molecular weight excluding hydrogens is 269 g/mol. The van der Waals surface area contributed by atoms with Crippen molar-refractivity contribution in [1.29, 1.82) is 0 Å². The van der Waals surface area contributed by atoms with Gasteiger partial charge in [0.2, 0.25) is 0 Å². The number of hydrogen-bond donors (Lipinski definition) is 1. The Bertz CT molecular complexity index is 308. The SMILES string of the molecule is CC1CCC(CCNC(=O)C(F)(F)C(F)(F)F)CC1. The summed E-state index contributed by atoms with van der Waals surface area (Å²) >= 11 is 0. The molecule has 0 aliphatic heterocycles. The van der Waals surface area contributed by atoms with Gasteiger partial charge in [0.15, 0.2) is 0 Å². The van der Waals surface area contributed by atoms with Crippen molar-refractivity contribution in [1.82, 2.24) is 5.32 Å². The van der Waals surface area contributed by atoms with E-state index >= 15 is 0 Å². The zero-order valence-corrected chi connectivity index (χ0v) is 10.7. The summed E-state index contributed by atoms with van der Waals surface area (Å²) in [5.74, 6) is -6.63. The zero-order valence-electron chi connectivity index (χ0n) is 10.7. The molecule has 1 aliphatic carbocycles. The summed E-state index contributed by atoms with van der Waals surface area (Å²) in [4.78, 5) is 10.8. The van der Waals surface area contributed by atoms with Crippen LogP contribution in [0, 0.1) is 11.8 Å². The summed E-state index contributed by atoms with van der Waals surface area (Å²) < 4.78 is 60.9. The predicted molar refractivity (Wildman–Crippen MR) is 59.8 cm³/mol. The second kappa shape index (κ2) is 6.05. The minimum Gasteiger partial charge on any atom is -0.351 e. The van der Waals surface area contributed by atoms with Crippen molar-refractivity contribution in [2.75, 3.05) is 6.54 Å². The molecule has 0 bridgehead atoms. The molecule has 2 nitrogen and oxygen atoms in total. The molecule has 1 saturated carbocycles. The molecule has 112 valence electrons. The van der Waals surface area contributed by atoms with Gasteiger partial charge in [-0.1, -0.05) is 32.6 Å². The fourth-order valence-corrected chi connectivity index (χ4v) is 2.25. The Morgan fingerprint density at radius 3 is 2.11 bits per heavy atom. The van der Waals surface area contributed by atoms with Crippen LogP contribution in [0.15, 0.2) is 0 Å². The second-order valence-electron chi connectivity index (χ2n) is 5.24. The highest BCUT2D eigenvalue weighted by molar-refractivity contribution is 5.84. The molecule has 0 radical (unpaired) electrons. The van der Waals surface area contributed by atoms with Crippen LogP contribution in [0.1, 0.15) is 39.0 Å². The molecule has 1 fully saturated rings. The molecule has 0 aromatic heterocycles. The molecule has 0 heterocycles. The Labute approximate surface area is 108 Å². The molecular formula is C12H18F5NO. The van der Waals surface area contributed by atoms with Crippen LogP contribution in [-0.2, 0) is 4.79 Å². The maximum atomic E-state index is 12.6. The van der Waals surface area contributed by atoms with E-state index in [4.69, 9.17) is 0 Å². The third-order valence-corrected chi connectivity index (χ3v) is 3.61. The van der Waals surface area contributed by atoms with Gasteiger partial charge in [-0.25, -0.2) is 0 Å². The Balaban J connectivity index is 2.31. The lowest BCUT2D eigenvalue weighted by atomic mass is 9.81. The van der Waals surface area contributed by atoms with Gasteiger partial charge in [0, 0.05) is 6.54 Å². The first kappa shape index (κ1) is 16.2. The second-order valence-corrected chi connectivity index (χ2v) is 5.24. The summed E-state index contributed by atoms with van der Waals surface area (Å²) in [7, 11) is 0. The van der Waals surface area contributed by atoms with Crippen molar-refractivity contribution in [3.63, 3.8) is 0 Å². The molecule has 1 aliphatic rings. The fraction of sp³-hybridized carbons (Fsp3) is 0.917. The summed E-state index contributed by atoms with van der Waals surface area (Å²) in [6.07, 6.45) is -1.43. The van der Waals surface area contributed by atoms with Crippen molar-refractivity contribution in [3.8, 4) is 0 Å². The predicted octanol–water partition coefficient (Wildman–Crippen LogP) is 3.52. The molecule has 0 atom stereocenters. The van der Waals surface area contributed by atoms with Crippen molar-refractivity contribution >= 4 is 5.91 Å². The van der Waals surface area contributed by atoms with E-state index in [1.54, 1.807) is 5.32 Å². The molecule has 0 aromatic rings. The highest BCUT2D eigenvalue weighted by atomic mass is 19.4. The average Bonchev–Trinajstić information content (AvgIpc) is 2.30. The van der Waals surface area contributed by atoms with E-state index < -0.39 is 18.0 Å². The topological polar surface area (TPSA) is 29.1 Å². The Morgan fingerprint density at radius 2 is 1.63 bits per heavy atom. The molecule has 1 N–H and O–H groups in total. The van der Waals surface area contributed by atoms with Crippen LogP contribution >= 0.6 is 0 Å². The summed E-state index contributed by atoms with van der Waals surface area (Å²) in [5, 5.41) is 1.68. The molecule has 0 aromatic carbocycles. The number of hydrogen-bond acceptors (Lipinski definition) is 1. The Hall–Kier alpha value is -0.880. The number of carbonyl (C=O) groups excluding carboxylic acids is 1. The third kappa shape index (κ3) is 4.31. The number of halogens is 5.